The first kappa shape index (κ1) is 14.2. The molecule has 0 bridgehead atoms. The lowest BCUT2D eigenvalue weighted by atomic mass is 10.1. The smallest absolute Gasteiger partial charge is 0.251 e. The zero-order chi connectivity index (χ0) is 13.8. The molecule has 2 rings (SSSR count). The normalized spacial score (nSPS) is 22.3. The summed E-state index contributed by atoms with van der Waals surface area (Å²) >= 11 is 1.89. The van der Waals surface area contributed by atoms with Crippen LogP contribution in [0.1, 0.15) is 35.2 Å². The van der Waals surface area contributed by atoms with Gasteiger partial charge in [0.05, 0.1) is 0 Å². The SMILES string of the molecule is CSC1CCC(NC(=O)c2ccc(NN)cc2C)C1. The molecule has 1 aliphatic rings. The quantitative estimate of drug-likeness (QED) is 0.584. The van der Waals surface area contributed by atoms with Gasteiger partial charge in [-0.05, 0) is 56.2 Å². The Morgan fingerprint density at radius 1 is 1.42 bits per heavy atom. The average molecular weight is 279 g/mol. The summed E-state index contributed by atoms with van der Waals surface area (Å²) in [7, 11) is 0. The molecule has 5 heteroatoms. The second-order valence-corrected chi connectivity index (χ2v) is 6.15. The summed E-state index contributed by atoms with van der Waals surface area (Å²) in [5.41, 5.74) is 5.07. The molecule has 0 saturated heterocycles. The third kappa shape index (κ3) is 3.42. The van der Waals surface area contributed by atoms with Crippen LogP contribution in [0.2, 0.25) is 0 Å². The minimum Gasteiger partial charge on any atom is -0.349 e. The molecule has 4 nitrogen and oxygen atoms in total. The van der Waals surface area contributed by atoms with Crippen LogP contribution in [0, 0.1) is 6.92 Å². The van der Waals surface area contributed by atoms with Gasteiger partial charge in [-0.1, -0.05) is 0 Å². The van der Waals surface area contributed by atoms with Gasteiger partial charge in [0.2, 0.25) is 0 Å². The van der Waals surface area contributed by atoms with E-state index in [1.54, 1.807) is 0 Å². The van der Waals surface area contributed by atoms with E-state index in [4.69, 9.17) is 5.84 Å². The van der Waals surface area contributed by atoms with Crippen molar-refractivity contribution in [1.82, 2.24) is 5.32 Å². The van der Waals surface area contributed by atoms with Gasteiger partial charge in [0, 0.05) is 22.5 Å². The fraction of sp³-hybridized carbons (Fsp3) is 0.500. The highest BCUT2D eigenvalue weighted by Gasteiger charge is 2.25. The summed E-state index contributed by atoms with van der Waals surface area (Å²) in [5, 5.41) is 3.82. The fourth-order valence-corrected chi connectivity index (χ4v) is 3.35. The number of amides is 1. The third-order valence-corrected chi connectivity index (χ3v) is 4.79. The van der Waals surface area contributed by atoms with Crippen LogP contribution in [-0.2, 0) is 0 Å². The Hall–Kier alpha value is -1.20. The molecule has 0 heterocycles. The van der Waals surface area contributed by atoms with E-state index < -0.39 is 0 Å². The van der Waals surface area contributed by atoms with Crippen LogP contribution in [0.15, 0.2) is 18.2 Å². The van der Waals surface area contributed by atoms with E-state index in [1.807, 2.05) is 36.9 Å². The molecule has 1 aromatic carbocycles. The number of nitrogens with one attached hydrogen (secondary N) is 2. The van der Waals surface area contributed by atoms with Gasteiger partial charge in [0.25, 0.3) is 5.91 Å². The molecular weight excluding hydrogens is 258 g/mol. The lowest BCUT2D eigenvalue weighted by Crippen LogP contribution is -2.33. The van der Waals surface area contributed by atoms with Crippen LogP contribution >= 0.6 is 11.8 Å². The van der Waals surface area contributed by atoms with Gasteiger partial charge in [0.1, 0.15) is 0 Å². The first-order chi connectivity index (χ1) is 9.13. The average Bonchev–Trinajstić information content (AvgIpc) is 2.86. The monoisotopic (exact) mass is 279 g/mol. The van der Waals surface area contributed by atoms with Gasteiger partial charge in [-0.2, -0.15) is 11.8 Å². The van der Waals surface area contributed by atoms with E-state index in [2.05, 4.69) is 17.0 Å². The zero-order valence-electron chi connectivity index (χ0n) is 11.4. The molecule has 1 aliphatic carbocycles. The number of carbonyl (C=O) groups excluding carboxylic acids is 1. The van der Waals surface area contributed by atoms with Crippen molar-refractivity contribution in [1.29, 1.82) is 0 Å². The van der Waals surface area contributed by atoms with Crippen LogP contribution in [0.4, 0.5) is 5.69 Å². The number of hydrogen-bond donors (Lipinski definition) is 3. The summed E-state index contributed by atoms with van der Waals surface area (Å²) < 4.78 is 0. The minimum absolute atomic E-state index is 0.0211. The molecule has 19 heavy (non-hydrogen) atoms. The number of anilines is 1. The van der Waals surface area contributed by atoms with E-state index in [1.165, 1.54) is 6.42 Å². The highest BCUT2D eigenvalue weighted by molar-refractivity contribution is 7.99. The number of rotatable bonds is 4. The summed E-state index contributed by atoms with van der Waals surface area (Å²) in [4.78, 5) is 12.2. The van der Waals surface area contributed by atoms with E-state index in [-0.39, 0.29) is 5.91 Å². The van der Waals surface area contributed by atoms with Crippen molar-refractivity contribution < 1.29 is 4.79 Å². The first-order valence-electron chi connectivity index (χ1n) is 6.55. The van der Waals surface area contributed by atoms with Gasteiger partial charge >= 0.3 is 0 Å². The number of hydrazine groups is 1. The Bertz CT molecular complexity index is 464. The largest absolute Gasteiger partial charge is 0.349 e. The van der Waals surface area contributed by atoms with E-state index >= 15 is 0 Å². The van der Waals surface area contributed by atoms with Crippen LogP contribution in [-0.4, -0.2) is 23.5 Å². The predicted molar refractivity (Wildman–Crippen MR) is 81.4 cm³/mol. The molecule has 4 N–H and O–H groups in total. The predicted octanol–water partition coefficient (Wildman–Crippen LogP) is 2.29. The summed E-state index contributed by atoms with van der Waals surface area (Å²) in [6, 6.07) is 5.84. The Morgan fingerprint density at radius 3 is 2.79 bits per heavy atom. The molecule has 0 radical (unpaired) electrons. The number of hydrogen-bond acceptors (Lipinski definition) is 4. The lowest BCUT2D eigenvalue weighted by Gasteiger charge is -2.14. The number of aryl methyl sites for hydroxylation is 1. The molecule has 0 aliphatic heterocycles. The Balaban J connectivity index is 2.00. The maximum Gasteiger partial charge on any atom is 0.251 e. The molecule has 1 amide bonds. The molecule has 104 valence electrons. The van der Waals surface area contributed by atoms with Gasteiger partial charge in [-0.25, -0.2) is 0 Å². The second kappa shape index (κ2) is 6.30. The maximum atomic E-state index is 12.2. The first-order valence-corrected chi connectivity index (χ1v) is 7.83. The zero-order valence-corrected chi connectivity index (χ0v) is 12.2. The number of benzene rings is 1. The highest BCUT2D eigenvalue weighted by atomic mass is 32.2. The number of nitrogens with two attached hydrogens (primary N) is 1. The Morgan fingerprint density at radius 2 is 2.21 bits per heavy atom. The molecule has 2 atom stereocenters. The topological polar surface area (TPSA) is 67.2 Å². The standard InChI is InChI=1S/C14H21N3OS/c1-9-7-11(17-15)4-6-13(9)14(18)16-10-3-5-12(8-10)19-2/h4,6-7,10,12,17H,3,5,8,15H2,1-2H3,(H,16,18). The molecule has 0 spiro atoms. The Labute approximate surface area is 118 Å². The lowest BCUT2D eigenvalue weighted by molar-refractivity contribution is 0.0937. The summed E-state index contributed by atoms with van der Waals surface area (Å²) in [6.45, 7) is 1.93. The van der Waals surface area contributed by atoms with Crippen molar-refractivity contribution in [3.63, 3.8) is 0 Å². The maximum absolute atomic E-state index is 12.2. The van der Waals surface area contributed by atoms with E-state index in [9.17, 15) is 4.79 Å². The van der Waals surface area contributed by atoms with Gasteiger partial charge in [-0.15, -0.1) is 0 Å². The second-order valence-electron chi connectivity index (χ2n) is 5.02. The number of nitrogen functional groups attached to an aromatic ring is 1. The highest BCUT2D eigenvalue weighted by Crippen LogP contribution is 2.28. The van der Waals surface area contributed by atoms with Crippen molar-refractivity contribution in [3.8, 4) is 0 Å². The van der Waals surface area contributed by atoms with E-state index in [0.717, 1.165) is 29.7 Å². The molecule has 2 unspecified atom stereocenters. The van der Waals surface area contributed by atoms with Crippen molar-refractivity contribution in [2.75, 3.05) is 11.7 Å². The van der Waals surface area contributed by atoms with Gasteiger partial charge in [0.15, 0.2) is 0 Å². The molecule has 1 fully saturated rings. The fourth-order valence-electron chi connectivity index (χ4n) is 2.56. The number of carbonyl (C=O) groups is 1. The van der Waals surface area contributed by atoms with Crippen molar-refractivity contribution >= 4 is 23.4 Å². The van der Waals surface area contributed by atoms with Crippen molar-refractivity contribution in [3.05, 3.63) is 29.3 Å². The van der Waals surface area contributed by atoms with Crippen molar-refractivity contribution in [2.45, 2.75) is 37.5 Å². The van der Waals surface area contributed by atoms with Crippen molar-refractivity contribution in [2.24, 2.45) is 5.84 Å². The van der Waals surface area contributed by atoms with Gasteiger partial charge < -0.3 is 10.7 Å². The third-order valence-electron chi connectivity index (χ3n) is 3.69. The number of thioether (sulfide) groups is 1. The molecule has 0 aromatic heterocycles. The van der Waals surface area contributed by atoms with Crippen LogP contribution in [0.3, 0.4) is 0 Å². The molecule has 1 aromatic rings. The van der Waals surface area contributed by atoms with Gasteiger partial charge in [-0.3, -0.25) is 10.6 Å². The van der Waals surface area contributed by atoms with Crippen LogP contribution < -0.4 is 16.6 Å². The Kier molecular flexibility index (Phi) is 4.71. The molecular formula is C14H21N3OS. The van der Waals surface area contributed by atoms with Crippen LogP contribution in [0.25, 0.3) is 0 Å². The van der Waals surface area contributed by atoms with Crippen LogP contribution in [0.5, 0.6) is 0 Å². The minimum atomic E-state index is 0.0211. The molecule has 1 saturated carbocycles. The summed E-state index contributed by atoms with van der Waals surface area (Å²) in [5.74, 6) is 5.38. The van der Waals surface area contributed by atoms with E-state index in [0.29, 0.717) is 11.3 Å². The summed E-state index contributed by atoms with van der Waals surface area (Å²) in [6.07, 6.45) is 5.49.